The van der Waals surface area contributed by atoms with Gasteiger partial charge in [0.15, 0.2) is 0 Å². The average molecular weight is 202 g/mol. The molecule has 2 nitrogen and oxygen atoms in total. The molecule has 14 heavy (non-hydrogen) atoms. The van der Waals surface area contributed by atoms with E-state index in [9.17, 15) is 10.2 Å². The van der Waals surface area contributed by atoms with E-state index in [2.05, 4.69) is 13.8 Å². The molecule has 0 rings (SSSR count). The van der Waals surface area contributed by atoms with E-state index in [1.807, 2.05) is 20.8 Å². The molecule has 3 atom stereocenters. The summed E-state index contributed by atoms with van der Waals surface area (Å²) in [6.07, 6.45) is 0.320. The van der Waals surface area contributed by atoms with Crippen molar-refractivity contribution in [2.75, 3.05) is 0 Å². The Morgan fingerprint density at radius 3 is 1.71 bits per heavy atom. The zero-order valence-electron chi connectivity index (χ0n) is 10.4. The van der Waals surface area contributed by atoms with Crippen LogP contribution >= 0.6 is 0 Å². The number of aliphatic hydroxyl groups is 2. The summed E-state index contributed by atoms with van der Waals surface area (Å²) in [7, 11) is 0. The second kappa shape index (κ2) is 5.13. The van der Waals surface area contributed by atoms with Crippen molar-refractivity contribution in [3.05, 3.63) is 0 Å². The van der Waals surface area contributed by atoms with Gasteiger partial charge in [-0.3, -0.25) is 0 Å². The van der Waals surface area contributed by atoms with Gasteiger partial charge in [-0.05, 0) is 38.0 Å². The third-order valence-corrected chi connectivity index (χ3v) is 3.37. The standard InChI is InChI=1S/C12H26O2/c1-8(2)11(10(5)13)7-12(6,14)9(3)4/h8-11,13-14H,7H2,1-6H3. The largest absolute Gasteiger partial charge is 0.393 e. The van der Waals surface area contributed by atoms with Crippen LogP contribution in [0.2, 0.25) is 0 Å². The van der Waals surface area contributed by atoms with Gasteiger partial charge in [-0.1, -0.05) is 27.7 Å². The fraction of sp³-hybridized carbons (Fsp3) is 1.00. The SMILES string of the molecule is CC(C)C(CC(C)(O)C(C)C)C(C)O. The maximum absolute atomic E-state index is 10.1. The molecule has 0 aromatic heterocycles. The molecule has 0 heterocycles. The first-order valence-electron chi connectivity index (χ1n) is 5.59. The zero-order valence-corrected chi connectivity index (χ0v) is 10.4. The number of hydrogen-bond donors (Lipinski definition) is 2. The van der Waals surface area contributed by atoms with Gasteiger partial charge in [0.1, 0.15) is 0 Å². The first kappa shape index (κ1) is 13.9. The Balaban J connectivity index is 4.44. The lowest BCUT2D eigenvalue weighted by Gasteiger charge is -2.35. The van der Waals surface area contributed by atoms with Crippen molar-refractivity contribution >= 4 is 0 Å². The molecule has 0 fully saturated rings. The van der Waals surface area contributed by atoms with Gasteiger partial charge >= 0.3 is 0 Å². The van der Waals surface area contributed by atoms with Crippen LogP contribution in [0.3, 0.4) is 0 Å². The Hall–Kier alpha value is -0.0800. The smallest absolute Gasteiger partial charge is 0.0646 e. The lowest BCUT2D eigenvalue weighted by Crippen LogP contribution is -2.38. The monoisotopic (exact) mass is 202 g/mol. The summed E-state index contributed by atoms with van der Waals surface area (Å²) in [6.45, 7) is 11.9. The van der Waals surface area contributed by atoms with Crippen LogP contribution in [0.5, 0.6) is 0 Å². The second-order valence-corrected chi connectivity index (χ2v) is 5.36. The minimum Gasteiger partial charge on any atom is -0.393 e. The highest BCUT2D eigenvalue weighted by molar-refractivity contribution is 4.83. The summed E-state index contributed by atoms with van der Waals surface area (Å²) in [5.41, 5.74) is -0.675. The van der Waals surface area contributed by atoms with Crippen molar-refractivity contribution < 1.29 is 10.2 Å². The Kier molecular flexibility index (Phi) is 5.10. The first-order chi connectivity index (χ1) is 6.18. The summed E-state index contributed by atoms with van der Waals surface area (Å²) in [6, 6.07) is 0. The van der Waals surface area contributed by atoms with E-state index in [0.717, 1.165) is 0 Å². The van der Waals surface area contributed by atoms with Crippen LogP contribution in [0, 0.1) is 17.8 Å². The summed E-state index contributed by atoms with van der Waals surface area (Å²) >= 11 is 0. The van der Waals surface area contributed by atoms with Gasteiger partial charge in [0, 0.05) is 0 Å². The summed E-state index contributed by atoms with van der Waals surface area (Å²) < 4.78 is 0. The van der Waals surface area contributed by atoms with E-state index in [1.54, 1.807) is 6.92 Å². The molecule has 2 heteroatoms. The van der Waals surface area contributed by atoms with E-state index in [-0.39, 0.29) is 17.9 Å². The Morgan fingerprint density at radius 2 is 1.50 bits per heavy atom. The molecule has 0 aromatic rings. The molecule has 0 aliphatic carbocycles. The molecule has 0 aromatic carbocycles. The summed E-state index contributed by atoms with van der Waals surface area (Å²) in [4.78, 5) is 0. The van der Waals surface area contributed by atoms with Crippen molar-refractivity contribution in [2.45, 2.75) is 59.7 Å². The molecule has 0 saturated heterocycles. The lowest BCUT2D eigenvalue weighted by molar-refractivity contribution is -0.0385. The Bertz CT molecular complexity index is 152. The third kappa shape index (κ3) is 3.97. The van der Waals surface area contributed by atoms with E-state index in [0.29, 0.717) is 12.3 Å². The molecule has 0 aliphatic heterocycles. The van der Waals surface area contributed by atoms with Crippen molar-refractivity contribution in [1.29, 1.82) is 0 Å². The van der Waals surface area contributed by atoms with Gasteiger partial charge in [-0.25, -0.2) is 0 Å². The minimum atomic E-state index is -0.675. The molecular weight excluding hydrogens is 176 g/mol. The van der Waals surface area contributed by atoms with E-state index < -0.39 is 5.60 Å². The Morgan fingerprint density at radius 1 is 1.07 bits per heavy atom. The molecule has 3 unspecified atom stereocenters. The molecule has 0 radical (unpaired) electrons. The number of aliphatic hydroxyl groups excluding tert-OH is 1. The van der Waals surface area contributed by atoms with Crippen LogP contribution in [0.25, 0.3) is 0 Å². The maximum atomic E-state index is 10.1. The lowest BCUT2D eigenvalue weighted by atomic mass is 9.77. The number of hydrogen-bond acceptors (Lipinski definition) is 2. The van der Waals surface area contributed by atoms with Gasteiger partial charge < -0.3 is 10.2 Å². The van der Waals surface area contributed by atoms with Crippen LogP contribution in [0.15, 0.2) is 0 Å². The van der Waals surface area contributed by atoms with Crippen LogP contribution in [0.1, 0.15) is 48.0 Å². The highest BCUT2D eigenvalue weighted by Crippen LogP contribution is 2.30. The van der Waals surface area contributed by atoms with Crippen LogP contribution in [-0.2, 0) is 0 Å². The molecule has 0 amide bonds. The summed E-state index contributed by atoms with van der Waals surface area (Å²) in [5.74, 6) is 0.801. The highest BCUT2D eigenvalue weighted by Gasteiger charge is 2.32. The quantitative estimate of drug-likeness (QED) is 0.719. The maximum Gasteiger partial charge on any atom is 0.0646 e. The van der Waals surface area contributed by atoms with Crippen molar-refractivity contribution in [3.8, 4) is 0 Å². The van der Waals surface area contributed by atoms with Gasteiger partial charge in [-0.15, -0.1) is 0 Å². The van der Waals surface area contributed by atoms with E-state index in [1.165, 1.54) is 0 Å². The minimum absolute atomic E-state index is 0.174. The van der Waals surface area contributed by atoms with Crippen molar-refractivity contribution in [3.63, 3.8) is 0 Å². The molecule has 0 spiro atoms. The molecule has 0 aliphatic rings. The molecule has 0 bridgehead atoms. The molecule has 2 N–H and O–H groups in total. The second-order valence-electron chi connectivity index (χ2n) is 5.36. The molecule has 0 saturated carbocycles. The predicted octanol–water partition coefficient (Wildman–Crippen LogP) is 2.44. The molecular formula is C12H26O2. The van der Waals surface area contributed by atoms with E-state index >= 15 is 0 Å². The van der Waals surface area contributed by atoms with Crippen molar-refractivity contribution in [2.24, 2.45) is 17.8 Å². The fourth-order valence-electron chi connectivity index (χ4n) is 1.68. The van der Waals surface area contributed by atoms with E-state index in [4.69, 9.17) is 0 Å². The van der Waals surface area contributed by atoms with Gasteiger partial charge in [0.2, 0.25) is 0 Å². The van der Waals surface area contributed by atoms with Gasteiger partial charge in [-0.2, -0.15) is 0 Å². The zero-order chi connectivity index (χ0) is 11.5. The van der Waals surface area contributed by atoms with Gasteiger partial charge in [0.05, 0.1) is 11.7 Å². The Labute approximate surface area is 88.3 Å². The van der Waals surface area contributed by atoms with Crippen molar-refractivity contribution in [1.82, 2.24) is 0 Å². The molecule has 86 valence electrons. The normalized spacial score (nSPS) is 21.0. The highest BCUT2D eigenvalue weighted by atomic mass is 16.3. The number of rotatable bonds is 5. The van der Waals surface area contributed by atoms with Crippen LogP contribution in [0.4, 0.5) is 0 Å². The predicted molar refractivity (Wildman–Crippen MR) is 60.1 cm³/mol. The first-order valence-corrected chi connectivity index (χ1v) is 5.59. The van der Waals surface area contributed by atoms with Crippen LogP contribution in [-0.4, -0.2) is 21.9 Å². The average Bonchev–Trinajstić information content (AvgIpc) is 1.98. The third-order valence-electron chi connectivity index (χ3n) is 3.37. The van der Waals surface area contributed by atoms with Crippen LogP contribution < -0.4 is 0 Å². The summed E-state index contributed by atoms with van der Waals surface area (Å²) in [5, 5.41) is 19.8. The topological polar surface area (TPSA) is 40.5 Å². The fourth-order valence-corrected chi connectivity index (χ4v) is 1.68. The van der Waals surface area contributed by atoms with Gasteiger partial charge in [0.25, 0.3) is 0 Å².